The number of nitrogens with zero attached hydrogens (tertiary/aromatic N) is 1. The Balaban J connectivity index is 2.18. The van der Waals surface area contributed by atoms with E-state index in [0.717, 1.165) is 32.0 Å². The lowest BCUT2D eigenvalue weighted by Crippen LogP contribution is -2.47. The molecule has 4 nitrogen and oxygen atoms in total. The topological polar surface area (TPSA) is 33.7 Å². The number of likely N-dealkylation sites (N-methyl/N-ethyl adjacent to an activating group) is 2. The van der Waals surface area contributed by atoms with Crippen molar-refractivity contribution in [2.24, 2.45) is 0 Å². The SMILES string of the molecule is CCNCC1OCCN(C)C1c1cccc(OCC)c1. The van der Waals surface area contributed by atoms with E-state index in [0.29, 0.717) is 6.61 Å². The van der Waals surface area contributed by atoms with Gasteiger partial charge in [-0.15, -0.1) is 0 Å². The number of hydrogen-bond acceptors (Lipinski definition) is 4. The molecule has 0 aliphatic carbocycles. The molecular formula is C16H26N2O2. The molecule has 20 heavy (non-hydrogen) atoms. The van der Waals surface area contributed by atoms with Gasteiger partial charge >= 0.3 is 0 Å². The van der Waals surface area contributed by atoms with Crippen LogP contribution in [0, 0.1) is 0 Å². The summed E-state index contributed by atoms with van der Waals surface area (Å²) in [7, 11) is 2.17. The molecule has 2 unspecified atom stereocenters. The lowest BCUT2D eigenvalue weighted by atomic mass is 9.98. The normalized spacial score (nSPS) is 23.8. The molecular weight excluding hydrogens is 252 g/mol. The van der Waals surface area contributed by atoms with E-state index >= 15 is 0 Å². The first kappa shape index (κ1) is 15.3. The van der Waals surface area contributed by atoms with Gasteiger partial charge in [0, 0.05) is 13.1 Å². The van der Waals surface area contributed by atoms with E-state index in [-0.39, 0.29) is 12.1 Å². The van der Waals surface area contributed by atoms with Crippen molar-refractivity contribution in [1.29, 1.82) is 0 Å². The quantitative estimate of drug-likeness (QED) is 0.863. The summed E-state index contributed by atoms with van der Waals surface area (Å²) in [5.74, 6) is 0.936. The zero-order valence-corrected chi connectivity index (χ0v) is 12.8. The molecule has 4 heteroatoms. The number of hydrogen-bond donors (Lipinski definition) is 1. The fourth-order valence-electron chi connectivity index (χ4n) is 2.74. The average molecular weight is 278 g/mol. The lowest BCUT2D eigenvalue weighted by Gasteiger charge is -2.39. The molecule has 1 heterocycles. The molecule has 0 saturated carbocycles. The maximum Gasteiger partial charge on any atom is 0.119 e. The third-order valence-electron chi connectivity index (χ3n) is 3.71. The molecule has 1 aliphatic heterocycles. The maximum absolute atomic E-state index is 5.97. The van der Waals surface area contributed by atoms with Crippen LogP contribution in [0.2, 0.25) is 0 Å². The highest BCUT2D eigenvalue weighted by atomic mass is 16.5. The molecule has 2 atom stereocenters. The first-order valence-corrected chi connectivity index (χ1v) is 7.51. The Kier molecular flexibility index (Phi) is 5.83. The summed E-state index contributed by atoms with van der Waals surface area (Å²) < 4.78 is 11.6. The standard InChI is InChI=1S/C16H26N2O2/c1-4-17-12-15-16(18(3)9-10-20-15)13-7-6-8-14(11-13)19-5-2/h6-8,11,15-17H,4-5,9-10,12H2,1-3H3. The van der Waals surface area contributed by atoms with Crippen LogP contribution in [0.25, 0.3) is 0 Å². The molecule has 0 spiro atoms. The first-order chi connectivity index (χ1) is 9.76. The van der Waals surface area contributed by atoms with E-state index in [2.05, 4.69) is 42.4 Å². The molecule has 0 aromatic heterocycles. The van der Waals surface area contributed by atoms with Gasteiger partial charge in [0.1, 0.15) is 5.75 Å². The number of ether oxygens (including phenoxy) is 2. The van der Waals surface area contributed by atoms with Gasteiger partial charge < -0.3 is 14.8 Å². The van der Waals surface area contributed by atoms with Gasteiger partial charge in [0.25, 0.3) is 0 Å². The Morgan fingerprint density at radius 2 is 2.25 bits per heavy atom. The molecule has 0 bridgehead atoms. The van der Waals surface area contributed by atoms with Gasteiger partial charge in [0.05, 0.1) is 25.4 Å². The highest BCUT2D eigenvalue weighted by molar-refractivity contribution is 5.31. The fourth-order valence-corrected chi connectivity index (χ4v) is 2.74. The van der Waals surface area contributed by atoms with Crippen LogP contribution in [0.5, 0.6) is 5.75 Å². The van der Waals surface area contributed by atoms with Crippen LogP contribution >= 0.6 is 0 Å². The minimum absolute atomic E-state index is 0.186. The second-order valence-electron chi connectivity index (χ2n) is 5.15. The lowest BCUT2D eigenvalue weighted by molar-refractivity contribution is -0.0612. The monoisotopic (exact) mass is 278 g/mol. The number of rotatable bonds is 6. The maximum atomic E-state index is 5.97. The van der Waals surface area contributed by atoms with Crippen molar-refractivity contribution in [1.82, 2.24) is 10.2 Å². The molecule has 1 N–H and O–H groups in total. The van der Waals surface area contributed by atoms with Crippen LogP contribution < -0.4 is 10.1 Å². The van der Waals surface area contributed by atoms with Gasteiger partial charge in [0.15, 0.2) is 0 Å². The highest BCUT2D eigenvalue weighted by Crippen LogP contribution is 2.30. The predicted molar refractivity (Wildman–Crippen MR) is 81.3 cm³/mol. The van der Waals surface area contributed by atoms with Gasteiger partial charge in [0.2, 0.25) is 0 Å². The van der Waals surface area contributed by atoms with Crippen LogP contribution in [0.4, 0.5) is 0 Å². The van der Waals surface area contributed by atoms with Crippen LogP contribution in [0.3, 0.4) is 0 Å². The van der Waals surface area contributed by atoms with Crippen molar-refractivity contribution < 1.29 is 9.47 Å². The van der Waals surface area contributed by atoms with Crippen molar-refractivity contribution in [2.75, 3.05) is 39.9 Å². The van der Waals surface area contributed by atoms with Crippen molar-refractivity contribution in [3.63, 3.8) is 0 Å². The van der Waals surface area contributed by atoms with E-state index in [9.17, 15) is 0 Å². The van der Waals surface area contributed by atoms with Crippen molar-refractivity contribution in [3.8, 4) is 5.75 Å². The molecule has 1 aliphatic rings. The Labute approximate surface area is 122 Å². The third kappa shape index (κ3) is 3.72. The van der Waals surface area contributed by atoms with E-state index < -0.39 is 0 Å². The molecule has 1 aromatic carbocycles. The highest BCUT2D eigenvalue weighted by Gasteiger charge is 2.31. The Morgan fingerprint density at radius 1 is 1.40 bits per heavy atom. The van der Waals surface area contributed by atoms with Gasteiger partial charge in [-0.3, -0.25) is 4.90 Å². The summed E-state index contributed by atoms with van der Waals surface area (Å²) in [5, 5.41) is 3.40. The fraction of sp³-hybridized carbons (Fsp3) is 0.625. The summed E-state index contributed by atoms with van der Waals surface area (Å²) in [4.78, 5) is 2.37. The predicted octanol–water partition coefficient (Wildman–Crippen LogP) is 2.07. The van der Waals surface area contributed by atoms with Crippen LogP contribution in [0.1, 0.15) is 25.5 Å². The molecule has 0 radical (unpaired) electrons. The molecule has 1 aromatic rings. The minimum Gasteiger partial charge on any atom is -0.494 e. The van der Waals surface area contributed by atoms with Gasteiger partial charge in [-0.1, -0.05) is 19.1 Å². The first-order valence-electron chi connectivity index (χ1n) is 7.51. The molecule has 1 fully saturated rings. The number of benzene rings is 1. The smallest absolute Gasteiger partial charge is 0.119 e. The zero-order valence-electron chi connectivity index (χ0n) is 12.8. The average Bonchev–Trinajstić information content (AvgIpc) is 2.46. The second kappa shape index (κ2) is 7.62. The van der Waals surface area contributed by atoms with E-state index in [1.54, 1.807) is 0 Å². The molecule has 112 valence electrons. The number of nitrogens with one attached hydrogen (secondary N) is 1. The Morgan fingerprint density at radius 3 is 3.00 bits per heavy atom. The Bertz CT molecular complexity index is 411. The van der Waals surface area contributed by atoms with Crippen LogP contribution in [-0.2, 0) is 4.74 Å². The summed E-state index contributed by atoms with van der Waals surface area (Å²) in [6.07, 6.45) is 0.186. The summed E-state index contributed by atoms with van der Waals surface area (Å²) in [5.41, 5.74) is 1.26. The van der Waals surface area contributed by atoms with Crippen molar-refractivity contribution in [3.05, 3.63) is 29.8 Å². The summed E-state index contributed by atoms with van der Waals surface area (Å²) in [6, 6.07) is 8.65. The minimum atomic E-state index is 0.186. The largest absolute Gasteiger partial charge is 0.494 e. The van der Waals surface area contributed by atoms with E-state index in [1.165, 1.54) is 5.56 Å². The Hall–Kier alpha value is -1.10. The zero-order chi connectivity index (χ0) is 14.4. The van der Waals surface area contributed by atoms with Gasteiger partial charge in [-0.2, -0.15) is 0 Å². The third-order valence-corrected chi connectivity index (χ3v) is 3.71. The van der Waals surface area contributed by atoms with Gasteiger partial charge in [-0.05, 0) is 38.2 Å². The molecule has 2 rings (SSSR count). The molecule has 1 saturated heterocycles. The summed E-state index contributed by atoms with van der Waals surface area (Å²) >= 11 is 0. The van der Waals surface area contributed by atoms with E-state index in [4.69, 9.17) is 9.47 Å². The van der Waals surface area contributed by atoms with Crippen molar-refractivity contribution >= 4 is 0 Å². The van der Waals surface area contributed by atoms with E-state index in [1.807, 2.05) is 13.0 Å². The second-order valence-corrected chi connectivity index (χ2v) is 5.15. The summed E-state index contributed by atoms with van der Waals surface area (Å²) in [6.45, 7) is 8.44. The number of morpholine rings is 1. The van der Waals surface area contributed by atoms with Crippen LogP contribution in [-0.4, -0.2) is 50.9 Å². The molecule has 0 amide bonds. The van der Waals surface area contributed by atoms with Gasteiger partial charge in [-0.25, -0.2) is 0 Å². The van der Waals surface area contributed by atoms with Crippen LogP contribution in [0.15, 0.2) is 24.3 Å². The van der Waals surface area contributed by atoms with Crippen molar-refractivity contribution in [2.45, 2.75) is 26.0 Å².